The Morgan fingerprint density at radius 1 is 0.376 bits per heavy atom. The topological polar surface area (TPSA) is 49.4 Å². The molecule has 4 nitrogen and oxygen atoms in total. The minimum Gasteiger partial charge on any atom is -0.343 e. The van der Waals surface area contributed by atoms with Crippen molar-refractivity contribution in [3.63, 3.8) is 0 Å². The maximum absolute atomic E-state index is 4.57. The van der Waals surface area contributed by atoms with E-state index >= 15 is 0 Å². The third kappa shape index (κ3) is 67.7. The van der Waals surface area contributed by atoms with Crippen LogP contribution in [0.2, 0.25) is 0 Å². The van der Waals surface area contributed by atoms with Crippen LogP contribution in [0.4, 0.5) is 5.69 Å². The SMILES string of the molecule is CC.CC.CC.CC.CC.CC.CC.CC.CC.CC(C)C1=CC=NC1.CC(C)C1=CCN=C1.CC(C)C1=CCN=C1.CC(C)C1=Nc2ccccc2C1.CC(C)c1cccc2c1CCC2.C[C-](C)Cc1[c-]c(C(C)C)ccc1.[CH2-]CCc1[c-]c(C(C)C)ccc1.[CH2-]Cc1[c-]c(C(C)C)ccc1.[CH2-]Cc1[c-]c(C(C)C)ccc1.[Y].[Y].[Y].[Y]. The fourth-order valence-electron chi connectivity index (χ4n) is 10.5. The molecule has 0 unspecified atom stereocenters. The van der Waals surface area contributed by atoms with E-state index in [0.29, 0.717) is 53.3 Å². The Morgan fingerprint density at radius 3 is 1.04 bits per heavy atom. The summed E-state index contributed by atoms with van der Waals surface area (Å²) >= 11 is 0. The Kier molecular flexibility index (Phi) is 111. The molecule has 4 heterocycles. The summed E-state index contributed by atoms with van der Waals surface area (Å²) < 4.78 is 0. The fourth-order valence-corrected chi connectivity index (χ4v) is 10.5. The molecule has 0 spiro atoms. The van der Waals surface area contributed by atoms with Crippen LogP contribution in [0.1, 0.15) is 372 Å². The first-order valence-corrected chi connectivity index (χ1v) is 44.8. The minimum absolute atomic E-state index is 0. The van der Waals surface area contributed by atoms with Gasteiger partial charge in [0.2, 0.25) is 0 Å². The molecule has 0 aromatic heterocycles. The molecular weight excluding hydrogens is 1720 g/mol. The predicted octanol–water partition coefficient (Wildman–Crippen LogP) is 33.6. The third-order valence-electron chi connectivity index (χ3n) is 16.7. The van der Waals surface area contributed by atoms with Gasteiger partial charge in [-0.15, -0.1) is 0 Å². The quantitative estimate of drug-likeness (QED) is 0.0920. The van der Waals surface area contributed by atoms with Gasteiger partial charge in [-0.3, -0.25) is 20.0 Å². The molecule has 654 valence electrons. The van der Waals surface area contributed by atoms with E-state index in [4.69, 9.17) is 0 Å². The van der Waals surface area contributed by atoms with Crippen molar-refractivity contribution in [2.45, 2.75) is 350 Å². The zero-order valence-electron chi connectivity index (χ0n) is 83.3. The van der Waals surface area contributed by atoms with Crippen LogP contribution < -0.4 is 0 Å². The third-order valence-corrected chi connectivity index (χ3v) is 16.7. The van der Waals surface area contributed by atoms with E-state index in [-0.39, 0.29) is 131 Å². The van der Waals surface area contributed by atoms with E-state index in [1.54, 1.807) is 16.7 Å². The summed E-state index contributed by atoms with van der Waals surface area (Å²) in [5.74, 6) is 7.00. The maximum atomic E-state index is 4.57. The van der Waals surface area contributed by atoms with Gasteiger partial charge in [0, 0.05) is 162 Å². The first kappa shape index (κ1) is 138. The molecule has 0 amide bonds. The second-order valence-electron chi connectivity index (χ2n) is 28.3. The molecule has 1 aliphatic carbocycles. The first-order chi connectivity index (χ1) is 54.3. The number of rotatable bonds is 15. The molecule has 4 aliphatic heterocycles. The van der Waals surface area contributed by atoms with E-state index in [0.717, 1.165) is 58.2 Å². The van der Waals surface area contributed by atoms with Crippen molar-refractivity contribution >= 4 is 30.0 Å². The largest absolute Gasteiger partial charge is 0.343 e. The van der Waals surface area contributed by atoms with Crippen molar-refractivity contribution < 1.29 is 131 Å². The zero-order chi connectivity index (χ0) is 88.4. The summed E-state index contributed by atoms with van der Waals surface area (Å²) in [4.78, 5) is 16.8. The summed E-state index contributed by atoms with van der Waals surface area (Å²) in [5, 5.41) is 0. The number of benzene rings is 6. The van der Waals surface area contributed by atoms with Gasteiger partial charge in [0.05, 0.1) is 25.3 Å². The van der Waals surface area contributed by atoms with Crippen molar-refractivity contribution in [2.75, 3.05) is 19.6 Å². The molecule has 6 aromatic carbocycles. The van der Waals surface area contributed by atoms with Crippen molar-refractivity contribution in [3.8, 4) is 0 Å². The van der Waals surface area contributed by atoms with Crippen molar-refractivity contribution in [1.29, 1.82) is 0 Å². The van der Waals surface area contributed by atoms with E-state index in [2.05, 4.69) is 331 Å². The van der Waals surface area contributed by atoms with E-state index in [1.165, 1.54) is 103 Å². The van der Waals surface area contributed by atoms with Gasteiger partial charge in [-0.1, -0.05) is 304 Å². The van der Waals surface area contributed by atoms with Crippen LogP contribution in [0.15, 0.2) is 170 Å². The van der Waals surface area contributed by atoms with Crippen LogP contribution in [-0.2, 0) is 176 Å². The van der Waals surface area contributed by atoms with Crippen LogP contribution in [0.3, 0.4) is 0 Å². The van der Waals surface area contributed by atoms with Crippen LogP contribution in [-0.4, -0.2) is 44.0 Å². The summed E-state index contributed by atoms with van der Waals surface area (Å²) in [6, 6.07) is 54.0. The number of aryl methyl sites for hydroxylation is 2. The van der Waals surface area contributed by atoms with E-state index in [1.807, 2.05) is 149 Å². The molecule has 0 N–H and O–H groups in total. The Bertz CT molecular complexity index is 3280. The van der Waals surface area contributed by atoms with Gasteiger partial charge in [-0.2, -0.15) is 181 Å². The second kappa shape index (κ2) is 94.3. The van der Waals surface area contributed by atoms with Gasteiger partial charge < -0.3 is 26.7 Å². The Hall–Kier alpha value is -2.36. The molecule has 4 radical (unpaired) electrons. The number of nitrogens with zero attached hydrogens (tertiary/aromatic N) is 4. The normalized spacial score (nSPS) is 11.5. The van der Waals surface area contributed by atoms with Crippen molar-refractivity contribution in [3.05, 3.63) is 268 Å². The number of aliphatic imine (C=N–C) groups is 4. The van der Waals surface area contributed by atoms with Crippen molar-refractivity contribution in [2.24, 2.45) is 43.6 Å². The maximum Gasteiger partial charge on any atom is 0.0665 e. The van der Waals surface area contributed by atoms with Gasteiger partial charge >= 0.3 is 0 Å². The average Bonchev–Trinajstić information content (AvgIpc) is 1.71. The molecule has 11 rings (SSSR count). The van der Waals surface area contributed by atoms with Gasteiger partial charge in [0.15, 0.2) is 0 Å². The summed E-state index contributed by atoms with van der Waals surface area (Å²) in [5.41, 5.74) is 23.1. The number of fused-ring (bicyclic) bond motifs is 2. The standard InChI is InChI=1S/C13H18.2C12H16.C11H13N.2C11H14.3C7H11N.9C2H6.4Y/c1-10(2)8-12-6-5-7-13(9-12)11(3)4;1-9(2)11-7-3-5-10-6-4-8-12(10)11;1-4-6-11-7-5-8-12(9-11)10(2)3;1-8(2)11-7-9-5-3-4-6-10(9)12-11;2*1-4-10-6-5-7-11(8-10)9(2)3;3*1-6(2)7-3-4-8-5-7;9*1-2;;;;/h5-7,11H,8H2,1-4H3;3,5,7,9H,4,6,8H2,1-2H3;5,7-8,10H,1,4,6H2,2-3H3;3-6,8H,7H2,1-2H3;2*5-7,9H,1,4H2,2-3H3;2*3,5-6H,4H2,1-2H3;3-4,6H,5H2,1-2H3;9*1-2H3;;;;/q-2;;-2;;2*-2;;;;;;;;;;;;;;;;. The van der Waals surface area contributed by atoms with Crippen LogP contribution >= 0.6 is 0 Å². The van der Waals surface area contributed by atoms with Crippen LogP contribution in [0, 0.1) is 74.6 Å². The van der Waals surface area contributed by atoms with Gasteiger partial charge in [0.1, 0.15) is 0 Å². The molecule has 0 bridgehead atoms. The average molecular weight is 1900 g/mol. The fraction of sp³-hybridized carbons (Fsp3) is 0.541. The predicted molar refractivity (Wildman–Crippen MR) is 523 cm³/mol. The molecule has 5 aliphatic rings. The van der Waals surface area contributed by atoms with Gasteiger partial charge in [0.25, 0.3) is 0 Å². The monoisotopic (exact) mass is 1900 g/mol. The number of para-hydroxylation sites is 1. The molecule has 0 fully saturated rings. The molecule has 0 atom stereocenters. The van der Waals surface area contributed by atoms with Crippen molar-refractivity contribution in [1.82, 2.24) is 0 Å². The molecule has 0 saturated heterocycles. The van der Waals surface area contributed by atoms with Gasteiger partial charge in [-0.25, -0.2) is 0 Å². The summed E-state index contributed by atoms with van der Waals surface area (Å²) in [6.07, 6.45) is 22.0. The van der Waals surface area contributed by atoms with E-state index < -0.39 is 0 Å². The number of allylic oxidation sites excluding steroid dienone is 3. The Labute approximate surface area is 832 Å². The molecule has 117 heavy (non-hydrogen) atoms. The number of hydrogen-bond donors (Lipinski definition) is 0. The van der Waals surface area contributed by atoms with E-state index in [9.17, 15) is 0 Å². The summed E-state index contributed by atoms with van der Waals surface area (Å²) in [7, 11) is 0. The molecule has 6 aromatic rings. The smallest absolute Gasteiger partial charge is 0.0665 e. The first-order valence-electron chi connectivity index (χ1n) is 44.8. The Balaban J connectivity index is -0.000000117. The minimum atomic E-state index is 0. The van der Waals surface area contributed by atoms with Crippen LogP contribution in [0.25, 0.3) is 0 Å². The molecule has 0 saturated carbocycles. The number of hydrogen-bond acceptors (Lipinski definition) is 4. The zero-order valence-corrected chi connectivity index (χ0v) is 94.7. The molecular formula is C109H178N4Y4-8. The van der Waals surface area contributed by atoms with Gasteiger partial charge in [-0.05, 0) is 124 Å². The van der Waals surface area contributed by atoms with Crippen LogP contribution in [0.5, 0.6) is 0 Å². The second-order valence-corrected chi connectivity index (χ2v) is 28.3. The Morgan fingerprint density at radius 2 is 0.744 bits per heavy atom. The summed E-state index contributed by atoms with van der Waals surface area (Å²) in [6.45, 7) is 94.1. The molecule has 8 heteroatoms.